The van der Waals surface area contributed by atoms with E-state index in [9.17, 15) is 4.79 Å². The van der Waals surface area contributed by atoms with E-state index in [1.807, 2.05) is 54.6 Å². The number of rotatable bonds is 13. The van der Waals surface area contributed by atoms with E-state index in [2.05, 4.69) is 23.6 Å². The zero-order valence-electron chi connectivity index (χ0n) is 20.4. The number of para-hydroxylation sites is 1. The Morgan fingerprint density at radius 2 is 1.39 bits per heavy atom. The first kappa shape index (κ1) is 29.6. The number of hydrogen-bond acceptors (Lipinski definition) is 2. The van der Waals surface area contributed by atoms with Gasteiger partial charge in [0.05, 0.1) is 6.41 Å². The van der Waals surface area contributed by atoms with E-state index in [0.717, 1.165) is 16.8 Å². The number of unbranched alkanes of at least 4 members (excludes halogenated alkanes) is 8. The minimum absolute atomic E-state index is 0. The Balaban J connectivity index is 0.000000322. The third kappa shape index (κ3) is 13.1. The second-order valence-electron chi connectivity index (χ2n) is 8.67. The maximum atomic E-state index is 10.3. The van der Waals surface area contributed by atoms with Crippen molar-refractivity contribution in [3.63, 3.8) is 0 Å². The average molecular weight is 619 g/mol. The van der Waals surface area contributed by atoms with Crippen molar-refractivity contribution in [3.05, 3.63) is 61.0 Å². The Kier molecular flexibility index (Phi) is 17.9. The van der Waals surface area contributed by atoms with E-state index in [-0.39, 0.29) is 21.1 Å². The molecule has 1 aliphatic heterocycles. The molecule has 2 aromatic carbocycles. The Morgan fingerprint density at radius 3 is 2.03 bits per heavy atom. The standard InChI is InChI=1S/C16H32N.C13H10NO.W/c1-2-3-4-5-6-7-8-9-11-14-17-15-12-10-13-16-17;15-10-14-13-9-5-4-8-12(13)11-6-2-1-3-7-11;/h10H,2-9,11-16H2,1H3;1-9H,(H,14,15);/q2*-1;+2. The van der Waals surface area contributed by atoms with E-state index in [4.69, 9.17) is 0 Å². The summed E-state index contributed by atoms with van der Waals surface area (Å²) in [6.07, 6.45) is 19.8. The minimum Gasteiger partial charge on any atom is -0.490 e. The summed E-state index contributed by atoms with van der Waals surface area (Å²) in [5, 5.41) is 2.57. The van der Waals surface area contributed by atoms with Crippen LogP contribution in [0.4, 0.5) is 5.69 Å². The molecule has 0 aliphatic carbocycles. The number of nitrogens with one attached hydrogen (secondary N) is 1. The van der Waals surface area contributed by atoms with Crippen molar-refractivity contribution in [1.29, 1.82) is 0 Å². The zero-order valence-corrected chi connectivity index (χ0v) is 23.4. The summed E-state index contributed by atoms with van der Waals surface area (Å²) in [5.41, 5.74) is 2.86. The molecule has 3 rings (SSSR count). The number of hydrogen-bond donors (Lipinski definition) is 1. The van der Waals surface area contributed by atoms with Crippen LogP contribution in [-0.2, 0) is 25.9 Å². The second kappa shape index (κ2) is 20.0. The Hall–Kier alpha value is -1.44. The number of likely N-dealkylation sites (tertiary alicyclic amines) is 1. The SMILES string of the molecule is CCCCCCCCCCCN1CC[CH-]CC1.O=[C-]Nc1ccccc1-c1ccccc1.[W+2]. The minimum atomic E-state index is 0. The molecular weight excluding hydrogens is 576 g/mol. The maximum Gasteiger partial charge on any atom is 2.00 e. The smallest absolute Gasteiger partial charge is 0.490 e. The molecule has 3 nitrogen and oxygen atoms in total. The predicted octanol–water partition coefficient (Wildman–Crippen LogP) is 7.65. The molecule has 0 bridgehead atoms. The van der Waals surface area contributed by atoms with Crippen LogP contribution in [0.1, 0.15) is 77.6 Å². The second-order valence-corrected chi connectivity index (χ2v) is 8.67. The molecule has 4 heteroatoms. The fourth-order valence-electron chi connectivity index (χ4n) is 4.19. The monoisotopic (exact) mass is 618 g/mol. The Morgan fingerprint density at radius 1 is 0.818 bits per heavy atom. The van der Waals surface area contributed by atoms with Crippen LogP contribution in [0, 0.1) is 6.42 Å². The number of nitrogens with zero attached hydrogens (tertiary/aromatic N) is 1. The van der Waals surface area contributed by atoms with Crippen LogP contribution in [0.25, 0.3) is 11.1 Å². The van der Waals surface area contributed by atoms with Gasteiger partial charge in [0.2, 0.25) is 0 Å². The van der Waals surface area contributed by atoms with Crippen molar-refractivity contribution in [3.8, 4) is 11.1 Å². The van der Waals surface area contributed by atoms with Gasteiger partial charge in [0.1, 0.15) is 0 Å². The average Bonchev–Trinajstić information content (AvgIpc) is 2.85. The van der Waals surface area contributed by atoms with E-state index < -0.39 is 0 Å². The molecule has 0 aromatic heterocycles. The van der Waals surface area contributed by atoms with Crippen molar-refractivity contribution in [2.24, 2.45) is 0 Å². The van der Waals surface area contributed by atoms with Gasteiger partial charge in [-0.1, -0.05) is 112 Å². The Labute approximate surface area is 217 Å². The number of anilines is 1. The molecule has 1 fully saturated rings. The van der Waals surface area contributed by atoms with Gasteiger partial charge in [-0.15, -0.1) is 11.8 Å². The van der Waals surface area contributed by atoms with Gasteiger partial charge >= 0.3 is 21.1 Å². The van der Waals surface area contributed by atoms with Crippen LogP contribution >= 0.6 is 0 Å². The summed E-state index contributed by atoms with van der Waals surface area (Å²) in [6.45, 7) is 6.27. The fourth-order valence-corrected chi connectivity index (χ4v) is 4.19. The van der Waals surface area contributed by atoms with Crippen LogP contribution in [0.2, 0.25) is 0 Å². The van der Waals surface area contributed by atoms with Crippen molar-refractivity contribution in [2.75, 3.05) is 25.0 Å². The summed E-state index contributed by atoms with van der Waals surface area (Å²) < 4.78 is 0. The molecule has 1 heterocycles. The molecule has 0 saturated carbocycles. The van der Waals surface area contributed by atoms with Gasteiger partial charge in [0.25, 0.3) is 0 Å². The molecule has 1 N–H and O–H groups in total. The quantitative estimate of drug-likeness (QED) is 0.142. The number of benzene rings is 2. The topological polar surface area (TPSA) is 32.3 Å². The van der Waals surface area contributed by atoms with E-state index in [1.165, 1.54) is 90.3 Å². The first-order valence-electron chi connectivity index (χ1n) is 12.7. The fraction of sp³-hybridized carbons (Fsp3) is 0.517. The van der Waals surface area contributed by atoms with Crippen molar-refractivity contribution in [2.45, 2.75) is 77.6 Å². The summed E-state index contributed by atoms with van der Waals surface area (Å²) in [5.74, 6) is 0. The maximum absolute atomic E-state index is 10.3. The predicted molar refractivity (Wildman–Crippen MR) is 138 cm³/mol. The van der Waals surface area contributed by atoms with Gasteiger partial charge < -0.3 is 21.4 Å². The third-order valence-electron chi connectivity index (χ3n) is 6.07. The van der Waals surface area contributed by atoms with Gasteiger partial charge in [0.15, 0.2) is 0 Å². The molecule has 0 radical (unpaired) electrons. The van der Waals surface area contributed by atoms with E-state index >= 15 is 0 Å². The van der Waals surface area contributed by atoms with Gasteiger partial charge in [-0.05, 0) is 31.6 Å². The molecule has 33 heavy (non-hydrogen) atoms. The van der Waals surface area contributed by atoms with E-state index in [0.29, 0.717) is 0 Å². The molecule has 1 saturated heterocycles. The first-order valence-corrected chi connectivity index (χ1v) is 12.7. The van der Waals surface area contributed by atoms with Crippen LogP contribution in [-0.4, -0.2) is 30.9 Å². The van der Waals surface area contributed by atoms with Crippen molar-refractivity contribution >= 4 is 12.1 Å². The van der Waals surface area contributed by atoms with Crippen molar-refractivity contribution in [1.82, 2.24) is 4.90 Å². The normalized spacial score (nSPS) is 13.4. The van der Waals surface area contributed by atoms with Crippen LogP contribution in [0.15, 0.2) is 54.6 Å². The van der Waals surface area contributed by atoms with Crippen molar-refractivity contribution < 1.29 is 25.9 Å². The van der Waals surface area contributed by atoms with Gasteiger partial charge in [-0.2, -0.15) is 12.8 Å². The third-order valence-corrected chi connectivity index (χ3v) is 6.07. The summed E-state index contributed by atoms with van der Waals surface area (Å²) >= 11 is 0. The number of amides is 1. The molecule has 0 spiro atoms. The largest absolute Gasteiger partial charge is 2.00 e. The molecule has 2 aromatic rings. The molecule has 0 unspecified atom stereocenters. The first-order chi connectivity index (χ1) is 15.8. The summed E-state index contributed by atoms with van der Waals surface area (Å²) in [4.78, 5) is 13.0. The molecule has 1 amide bonds. The molecule has 180 valence electrons. The van der Waals surface area contributed by atoms with Gasteiger partial charge in [-0.25, -0.2) is 0 Å². The number of piperidine rings is 1. The molecule has 1 aliphatic rings. The molecule has 0 atom stereocenters. The Bertz CT molecular complexity index is 717. The summed E-state index contributed by atoms with van der Waals surface area (Å²) in [7, 11) is 0. The van der Waals surface area contributed by atoms with Crippen LogP contribution in [0.3, 0.4) is 0 Å². The van der Waals surface area contributed by atoms with E-state index in [1.54, 1.807) is 6.41 Å². The number of carbonyl (C=O) groups excluding carboxylic acids is 1. The molecular formula is C29H42N2OW. The van der Waals surface area contributed by atoms with Gasteiger partial charge in [-0.3, -0.25) is 0 Å². The van der Waals surface area contributed by atoms with Crippen LogP contribution < -0.4 is 5.32 Å². The van der Waals surface area contributed by atoms with Gasteiger partial charge in [0, 0.05) is 0 Å². The van der Waals surface area contributed by atoms with Crippen LogP contribution in [0.5, 0.6) is 0 Å². The summed E-state index contributed by atoms with van der Waals surface area (Å²) in [6, 6.07) is 17.6. The zero-order chi connectivity index (χ0) is 22.7.